The number of nitrogens with zero attached hydrogens (tertiary/aromatic N) is 6. The predicted molar refractivity (Wildman–Crippen MR) is 93.5 cm³/mol. The molecule has 0 saturated carbocycles. The van der Waals surface area contributed by atoms with Gasteiger partial charge in [-0.25, -0.2) is 0 Å². The maximum absolute atomic E-state index is 4.29. The SMILES string of the molecule is CN=C(NCc1nncn1C)N(C)Cc1cccn1C.I. The summed E-state index contributed by atoms with van der Waals surface area (Å²) in [6.07, 6.45) is 3.73. The first-order valence-electron chi connectivity index (χ1n) is 6.46. The average Bonchev–Trinajstić information content (AvgIpc) is 3.00. The van der Waals surface area contributed by atoms with Crippen LogP contribution in [0.2, 0.25) is 0 Å². The van der Waals surface area contributed by atoms with Gasteiger partial charge in [-0.2, -0.15) is 0 Å². The van der Waals surface area contributed by atoms with Crippen molar-refractivity contribution < 1.29 is 0 Å². The van der Waals surface area contributed by atoms with Crippen LogP contribution in [0.1, 0.15) is 11.5 Å². The molecule has 0 aliphatic carbocycles. The van der Waals surface area contributed by atoms with Crippen molar-refractivity contribution in [3.63, 3.8) is 0 Å². The van der Waals surface area contributed by atoms with Gasteiger partial charge in [0.2, 0.25) is 0 Å². The maximum Gasteiger partial charge on any atom is 0.194 e. The molecule has 0 radical (unpaired) electrons. The minimum absolute atomic E-state index is 0. The van der Waals surface area contributed by atoms with Crippen LogP contribution in [-0.4, -0.2) is 44.3 Å². The largest absolute Gasteiger partial charge is 0.353 e. The van der Waals surface area contributed by atoms with Gasteiger partial charge in [-0.1, -0.05) is 0 Å². The van der Waals surface area contributed by atoms with E-state index in [0.29, 0.717) is 6.54 Å². The molecular formula is C13H22IN7. The van der Waals surface area contributed by atoms with Gasteiger partial charge in [0, 0.05) is 40.1 Å². The average molecular weight is 403 g/mol. The highest BCUT2D eigenvalue weighted by atomic mass is 127. The van der Waals surface area contributed by atoms with Gasteiger partial charge in [0.1, 0.15) is 6.33 Å². The minimum Gasteiger partial charge on any atom is -0.353 e. The van der Waals surface area contributed by atoms with Crippen LogP contribution in [0.25, 0.3) is 0 Å². The topological polar surface area (TPSA) is 63.3 Å². The Morgan fingerprint density at radius 3 is 2.67 bits per heavy atom. The molecule has 0 aliphatic heterocycles. The number of rotatable bonds is 4. The van der Waals surface area contributed by atoms with E-state index in [-0.39, 0.29) is 24.0 Å². The number of hydrogen-bond acceptors (Lipinski definition) is 3. The standard InChI is InChI=1S/C13H21N7.HI/c1-14-13(15-8-12-17-16-10-20(12)4)19(3)9-11-6-5-7-18(11)2;/h5-7,10H,8-9H2,1-4H3,(H,14,15);1H. The number of hydrogen-bond donors (Lipinski definition) is 1. The molecule has 116 valence electrons. The molecule has 0 spiro atoms. The van der Waals surface area contributed by atoms with Crippen molar-refractivity contribution in [3.8, 4) is 0 Å². The number of guanidine groups is 1. The molecule has 0 unspecified atom stereocenters. The second-order valence-electron chi connectivity index (χ2n) is 4.73. The second-order valence-corrected chi connectivity index (χ2v) is 4.73. The second kappa shape index (κ2) is 8.01. The molecule has 0 fully saturated rings. The number of aromatic nitrogens is 4. The van der Waals surface area contributed by atoms with Crippen molar-refractivity contribution in [3.05, 3.63) is 36.2 Å². The summed E-state index contributed by atoms with van der Waals surface area (Å²) in [5.41, 5.74) is 1.23. The molecule has 0 saturated heterocycles. The van der Waals surface area contributed by atoms with Crippen LogP contribution in [0.3, 0.4) is 0 Å². The van der Waals surface area contributed by atoms with Crippen molar-refractivity contribution in [1.82, 2.24) is 29.5 Å². The first-order valence-corrected chi connectivity index (χ1v) is 6.46. The van der Waals surface area contributed by atoms with E-state index in [4.69, 9.17) is 0 Å². The Bertz CT molecular complexity index is 587. The fourth-order valence-corrected chi connectivity index (χ4v) is 1.99. The van der Waals surface area contributed by atoms with Crippen LogP contribution < -0.4 is 5.32 Å². The monoisotopic (exact) mass is 403 g/mol. The van der Waals surface area contributed by atoms with E-state index in [9.17, 15) is 0 Å². The first kappa shape index (κ1) is 17.5. The van der Waals surface area contributed by atoms with Gasteiger partial charge in [-0.15, -0.1) is 34.2 Å². The molecule has 0 aliphatic rings. The lowest BCUT2D eigenvalue weighted by molar-refractivity contribution is 0.460. The molecule has 2 aromatic rings. The highest BCUT2D eigenvalue weighted by molar-refractivity contribution is 14.0. The van der Waals surface area contributed by atoms with Gasteiger partial charge >= 0.3 is 0 Å². The molecule has 0 bridgehead atoms. The molecule has 7 nitrogen and oxygen atoms in total. The van der Waals surface area contributed by atoms with Gasteiger partial charge in [-0.05, 0) is 12.1 Å². The Morgan fingerprint density at radius 2 is 2.14 bits per heavy atom. The Labute approximate surface area is 142 Å². The van der Waals surface area contributed by atoms with Gasteiger partial charge in [0.05, 0.1) is 13.1 Å². The van der Waals surface area contributed by atoms with E-state index in [1.807, 2.05) is 38.0 Å². The third-order valence-corrected chi connectivity index (χ3v) is 3.23. The fraction of sp³-hybridized carbons (Fsp3) is 0.462. The van der Waals surface area contributed by atoms with Crippen LogP contribution in [0.5, 0.6) is 0 Å². The quantitative estimate of drug-likeness (QED) is 0.470. The number of halogens is 1. The van der Waals surface area contributed by atoms with Crippen molar-refractivity contribution in [2.24, 2.45) is 19.1 Å². The fourth-order valence-electron chi connectivity index (χ4n) is 1.99. The summed E-state index contributed by atoms with van der Waals surface area (Å²) >= 11 is 0. The molecule has 0 amide bonds. The van der Waals surface area contributed by atoms with Crippen LogP contribution >= 0.6 is 24.0 Å². The molecule has 2 heterocycles. The van der Waals surface area contributed by atoms with Crippen LogP contribution in [-0.2, 0) is 27.2 Å². The predicted octanol–water partition coefficient (Wildman–Crippen LogP) is 0.979. The smallest absolute Gasteiger partial charge is 0.194 e. The Hall–Kier alpha value is -1.58. The molecular weight excluding hydrogens is 381 g/mol. The third-order valence-electron chi connectivity index (χ3n) is 3.23. The highest BCUT2D eigenvalue weighted by Crippen LogP contribution is 2.03. The molecule has 2 aromatic heterocycles. The zero-order valence-corrected chi connectivity index (χ0v) is 15.1. The van der Waals surface area contributed by atoms with Gasteiger partial charge in [0.25, 0.3) is 0 Å². The van der Waals surface area contributed by atoms with E-state index < -0.39 is 0 Å². The van der Waals surface area contributed by atoms with E-state index >= 15 is 0 Å². The maximum atomic E-state index is 4.29. The number of aryl methyl sites for hydroxylation is 2. The van der Waals surface area contributed by atoms with E-state index in [1.165, 1.54) is 5.69 Å². The van der Waals surface area contributed by atoms with Crippen molar-refractivity contribution in [2.75, 3.05) is 14.1 Å². The molecule has 2 rings (SSSR count). The minimum atomic E-state index is 0. The summed E-state index contributed by atoms with van der Waals surface area (Å²) < 4.78 is 3.99. The van der Waals surface area contributed by atoms with Crippen LogP contribution in [0, 0.1) is 0 Å². The summed E-state index contributed by atoms with van der Waals surface area (Å²) in [5.74, 6) is 1.70. The summed E-state index contributed by atoms with van der Waals surface area (Å²) in [6.45, 7) is 1.39. The Kier molecular flexibility index (Phi) is 6.66. The third kappa shape index (κ3) is 4.45. The van der Waals surface area contributed by atoms with E-state index in [2.05, 4.69) is 36.0 Å². The van der Waals surface area contributed by atoms with Gasteiger partial charge < -0.3 is 19.4 Å². The zero-order chi connectivity index (χ0) is 14.5. The van der Waals surface area contributed by atoms with E-state index in [1.54, 1.807) is 13.4 Å². The summed E-state index contributed by atoms with van der Waals surface area (Å²) in [7, 11) is 7.76. The summed E-state index contributed by atoms with van der Waals surface area (Å²) in [5, 5.41) is 11.2. The Balaban J connectivity index is 0.00000220. The Morgan fingerprint density at radius 1 is 1.38 bits per heavy atom. The van der Waals surface area contributed by atoms with Crippen LogP contribution in [0.4, 0.5) is 0 Å². The zero-order valence-electron chi connectivity index (χ0n) is 12.8. The van der Waals surface area contributed by atoms with Crippen molar-refractivity contribution in [2.45, 2.75) is 13.1 Å². The molecule has 0 atom stereocenters. The first-order chi connectivity index (χ1) is 9.61. The molecule has 0 aromatic carbocycles. The number of aliphatic imine (C=N–C) groups is 1. The summed E-state index contributed by atoms with van der Waals surface area (Å²) in [6, 6.07) is 4.14. The lowest BCUT2D eigenvalue weighted by atomic mass is 10.4. The van der Waals surface area contributed by atoms with Crippen molar-refractivity contribution >= 4 is 29.9 Å². The van der Waals surface area contributed by atoms with Gasteiger partial charge in [-0.3, -0.25) is 4.99 Å². The van der Waals surface area contributed by atoms with E-state index in [0.717, 1.165) is 18.3 Å². The lowest BCUT2D eigenvalue weighted by Crippen LogP contribution is -2.38. The summed E-state index contributed by atoms with van der Waals surface area (Å²) in [4.78, 5) is 6.37. The molecule has 21 heavy (non-hydrogen) atoms. The number of nitrogens with one attached hydrogen (secondary N) is 1. The normalized spacial score (nSPS) is 11.1. The molecule has 8 heteroatoms. The van der Waals surface area contributed by atoms with Crippen molar-refractivity contribution in [1.29, 1.82) is 0 Å². The highest BCUT2D eigenvalue weighted by Gasteiger charge is 2.09. The molecule has 1 N–H and O–H groups in total. The van der Waals surface area contributed by atoms with Crippen LogP contribution in [0.15, 0.2) is 29.6 Å². The lowest BCUT2D eigenvalue weighted by Gasteiger charge is -2.22. The van der Waals surface area contributed by atoms with Gasteiger partial charge in [0.15, 0.2) is 11.8 Å².